The van der Waals surface area contributed by atoms with Crippen molar-refractivity contribution >= 4 is 27.5 Å². The van der Waals surface area contributed by atoms with Crippen LogP contribution in [0, 0.1) is 20.8 Å². The largest absolute Gasteiger partial charge is 0.352 e. The Hall–Kier alpha value is -2.87. The second kappa shape index (κ2) is 12.2. The summed E-state index contributed by atoms with van der Waals surface area (Å²) in [5.41, 5.74) is 4.16. The van der Waals surface area contributed by atoms with Crippen LogP contribution in [0.5, 0.6) is 0 Å². The van der Waals surface area contributed by atoms with Crippen molar-refractivity contribution in [3.8, 4) is 0 Å². The van der Waals surface area contributed by atoms with Crippen molar-refractivity contribution < 1.29 is 18.0 Å². The number of anilines is 1. The van der Waals surface area contributed by atoms with Gasteiger partial charge in [-0.1, -0.05) is 49.7 Å². The summed E-state index contributed by atoms with van der Waals surface area (Å²) >= 11 is 0. The number of carbonyl (C=O) groups is 2. The molecular formula is C27H39N3O4S. The molecule has 0 fully saturated rings. The minimum atomic E-state index is -3.75. The van der Waals surface area contributed by atoms with E-state index in [0.29, 0.717) is 12.1 Å². The van der Waals surface area contributed by atoms with Gasteiger partial charge in [-0.15, -0.1) is 0 Å². The Morgan fingerprint density at radius 3 is 2.09 bits per heavy atom. The zero-order valence-electron chi connectivity index (χ0n) is 22.0. The van der Waals surface area contributed by atoms with E-state index in [4.69, 9.17) is 0 Å². The average Bonchev–Trinajstić information content (AvgIpc) is 2.75. The van der Waals surface area contributed by atoms with Gasteiger partial charge in [0.05, 0.1) is 11.9 Å². The Balaban J connectivity index is 2.47. The van der Waals surface area contributed by atoms with Crippen LogP contribution in [-0.2, 0) is 26.2 Å². The van der Waals surface area contributed by atoms with Gasteiger partial charge in [0.2, 0.25) is 21.8 Å². The zero-order valence-corrected chi connectivity index (χ0v) is 22.8. The molecule has 0 aliphatic rings. The first-order valence-electron chi connectivity index (χ1n) is 12.1. The SMILES string of the molecule is CC[C@@H](C)NC(=O)[C@@H](CC)N(Cc1cccc(C)c1)C(=O)CN(c1cc(C)cc(C)c1)S(C)(=O)=O. The number of benzene rings is 2. The summed E-state index contributed by atoms with van der Waals surface area (Å²) in [7, 11) is -3.75. The molecule has 7 nitrogen and oxygen atoms in total. The fourth-order valence-electron chi connectivity index (χ4n) is 4.08. The maximum Gasteiger partial charge on any atom is 0.244 e. The quantitative estimate of drug-likeness (QED) is 0.502. The van der Waals surface area contributed by atoms with E-state index in [-0.39, 0.29) is 25.0 Å². The van der Waals surface area contributed by atoms with Crippen LogP contribution in [0.15, 0.2) is 42.5 Å². The third kappa shape index (κ3) is 8.09. The number of amides is 2. The number of rotatable bonds is 11. The molecule has 2 aromatic rings. The number of aryl methyl sites for hydroxylation is 3. The van der Waals surface area contributed by atoms with E-state index < -0.39 is 22.0 Å². The van der Waals surface area contributed by atoms with E-state index in [1.165, 1.54) is 4.90 Å². The zero-order chi connectivity index (χ0) is 26.3. The van der Waals surface area contributed by atoms with Crippen molar-refractivity contribution in [1.82, 2.24) is 10.2 Å². The van der Waals surface area contributed by atoms with Crippen LogP contribution in [-0.4, -0.2) is 50.0 Å². The molecule has 2 amide bonds. The highest BCUT2D eigenvalue weighted by Crippen LogP contribution is 2.23. The lowest BCUT2D eigenvalue weighted by Crippen LogP contribution is -2.53. The van der Waals surface area contributed by atoms with Crippen molar-refractivity contribution in [3.63, 3.8) is 0 Å². The number of sulfonamides is 1. The Kier molecular flexibility index (Phi) is 9.89. The predicted molar refractivity (Wildman–Crippen MR) is 142 cm³/mol. The molecule has 0 bridgehead atoms. The smallest absolute Gasteiger partial charge is 0.244 e. The monoisotopic (exact) mass is 501 g/mol. The van der Waals surface area contributed by atoms with Gasteiger partial charge in [-0.3, -0.25) is 13.9 Å². The van der Waals surface area contributed by atoms with Gasteiger partial charge in [-0.2, -0.15) is 0 Å². The lowest BCUT2D eigenvalue weighted by atomic mass is 10.1. The molecule has 0 radical (unpaired) electrons. The Bertz CT molecular complexity index is 1130. The number of carbonyl (C=O) groups excluding carboxylic acids is 2. The normalized spacial score (nSPS) is 13.1. The highest BCUT2D eigenvalue weighted by atomic mass is 32.2. The molecule has 0 aliphatic carbocycles. The van der Waals surface area contributed by atoms with Crippen LogP contribution in [0.4, 0.5) is 5.69 Å². The van der Waals surface area contributed by atoms with E-state index in [9.17, 15) is 18.0 Å². The number of hydrogen-bond donors (Lipinski definition) is 1. The third-order valence-corrected chi connectivity index (χ3v) is 7.14. The highest BCUT2D eigenvalue weighted by Gasteiger charge is 2.32. The topological polar surface area (TPSA) is 86.8 Å². The molecular weight excluding hydrogens is 462 g/mol. The molecule has 192 valence electrons. The molecule has 0 saturated carbocycles. The molecule has 2 rings (SSSR count). The molecule has 0 saturated heterocycles. The maximum atomic E-state index is 13.7. The number of hydrogen-bond acceptors (Lipinski definition) is 4. The standard InChI is InChI=1S/C27H39N3O4S/c1-8-22(6)28-27(32)25(9-2)29(17-23-12-10-11-19(3)14-23)26(31)18-30(35(7,33)34)24-15-20(4)13-21(5)16-24/h10-16,22,25H,8-9,17-18H2,1-7H3,(H,28,32)/t22-,25-/m1/s1. The van der Waals surface area contributed by atoms with E-state index in [2.05, 4.69) is 5.32 Å². The number of nitrogens with one attached hydrogen (secondary N) is 1. The van der Waals surface area contributed by atoms with Gasteiger partial charge in [0.25, 0.3) is 0 Å². The van der Waals surface area contributed by atoms with Crippen molar-refractivity contribution in [1.29, 1.82) is 0 Å². The van der Waals surface area contributed by atoms with Crippen LogP contribution >= 0.6 is 0 Å². The molecule has 35 heavy (non-hydrogen) atoms. The Labute approximate surface area is 210 Å². The molecule has 0 unspecified atom stereocenters. The molecule has 1 N–H and O–H groups in total. The van der Waals surface area contributed by atoms with Gasteiger partial charge in [0.15, 0.2) is 0 Å². The van der Waals surface area contributed by atoms with E-state index in [1.807, 2.05) is 71.9 Å². The third-order valence-electron chi connectivity index (χ3n) is 6.00. The summed E-state index contributed by atoms with van der Waals surface area (Å²) in [6, 6.07) is 12.4. The van der Waals surface area contributed by atoms with Crippen molar-refractivity contribution in [2.75, 3.05) is 17.1 Å². The van der Waals surface area contributed by atoms with Crippen LogP contribution < -0.4 is 9.62 Å². The average molecular weight is 502 g/mol. The van der Waals surface area contributed by atoms with Crippen LogP contribution in [0.2, 0.25) is 0 Å². The molecule has 2 atom stereocenters. The Morgan fingerprint density at radius 2 is 1.57 bits per heavy atom. The van der Waals surface area contributed by atoms with E-state index in [1.54, 1.807) is 12.1 Å². The summed E-state index contributed by atoms with van der Waals surface area (Å²) in [6.07, 6.45) is 2.26. The Morgan fingerprint density at radius 1 is 0.943 bits per heavy atom. The summed E-state index contributed by atoms with van der Waals surface area (Å²) < 4.78 is 26.6. The lowest BCUT2D eigenvalue weighted by molar-refractivity contribution is -0.140. The molecule has 0 aromatic heterocycles. The summed E-state index contributed by atoms with van der Waals surface area (Å²) in [5.74, 6) is -0.664. The van der Waals surface area contributed by atoms with Gasteiger partial charge in [0.1, 0.15) is 12.6 Å². The second-order valence-electron chi connectivity index (χ2n) is 9.37. The summed E-state index contributed by atoms with van der Waals surface area (Å²) in [4.78, 5) is 28.4. The molecule has 2 aromatic carbocycles. The molecule has 0 spiro atoms. The minimum absolute atomic E-state index is 0.0322. The van der Waals surface area contributed by atoms with Gasteiger partial charge >= 0.3 is 0 Å². The van der Waals surface area contributed by atoms with Crippen LogP contribution in [0.1, 0.15) is 55.9 Å². The fraction of sp³-hybridized carbons (Fsp3) is 0.481. The van der Waals surface area contributed by atoms with E-state index in [0.717, 1.165) is 39.2 Å². The van der Waals surface area contributed by atoms with Crippen LogP contribution in [0.25, 0.3) is 0 Å². The summed E-state index contributed by atoms with van der Waals surface area (Å²) in [6.45, 7) is 11.3. The first-order chi connectivity index (χ1) is 16.3. The summed E-state index contributed by atoms with van der Waals surface area (Å²) in [5, 5.41) is 2.98. The second-order valence-corrected chi connectivity index (χ2v) is 11.3. The number of nitrogens with zero attached hydrogens (tertiary/aromatic N) is 2. The van der Waals surface area contributed by atoms with Gasteiger partial charge in [-0.25, -0.2) is 8.42 Å². The predicted octanol–water partition coefficient (Wildman–Crippen LogP) is 4.10. The van der Waals surface area contributed by atoms with Gasteiger partial charge in [-0.05, 0) is 69.4 Å². The minimum Gasteiger partial charge on any atom is -0.352 e. The maximum absolute atomic E-state index is 13.7. The lowest BCUT2D eigenvalue weighted by Gasteiger charge is -2.33. The van der Waals surface area contributed by atoms with Crippen molar-refractivity contribution in [2.24, 2.45) is 0 Å². The van der Waals surface area contributed by atoms with Gasteiger partial charge < -0.3 is 10.2 Å². The van der Waals surface area contributed by atoms with E-state index >= 15 is 0 Å². The van der Waals surface area contributed by atoms with Gasteiger partial charge in [0, 0.05) is 12.6 Å². The fourth-order valence-corrected chi connectivity index (χ4v) is 4.91. The van der Waals surface area contributed by atoms with Crippen LogP contribution in [0.3, 0.4) is 0 Å². The van der Waals surface area contributed by atoms with Crippen molar-refractivity contribution in [3.05, 3.63) is 64.7 Å². The highest BCUT2D eigenvalue weighted by molar-refractivity contribution is 7.92. The first-order valence-corrected chi connectivity index (χ1v) is 13.9. The first kappa shape index (κ1) is 28.4. The molecule has 0 aliphatic heterocycles. The molecule has 0 heterocycles. The van der Waals surface area contributed by atoms with Crippen molar-refractivity contribution in [2.45, 2.75) is 73.0 Å². The molecule has 8 heteroatoms.